The standard InChI is InChI=1S/C14H19FN2/c1-11-2-5-14(13(15)10-11)17-8-6-16(7-9-17)12-3-4-12/h2,5,10,12H,3-4,6-9H2,1H3. The predicted molar refractivity (Wildman–Crippen MR) is 67.9 cm³/mol. The van der Waals surface area contributed by atoms with Gasteiger partial charge in [-0.1, -0.05) is 6.07 Å². The smallest absolute Gasteiger partial charge is 0.146 e. The van der Waals surface area contributed by atoms with Crippen LogP contribution in [0.1, 0.15) is 18.4 Å². The fraction of sp³-hybridized carbons (Fsp3) is 0.571. The highest BCUT2D eigenvalue weighted by atomic mass is 19.1. The first-order valence-electron chi connectivity index (χ1n) is 6.49. The van der Waals surface area contributed by atoms with Crippen LogP contribution in [0, 0.1) is 12.7 Å². The van der Waals surface area contributed by atoms with Gasteiger partial charge in [0, 0.05) is 32.2 Å². The van der Waals surface area contributed by atoms with Gasteiger partial charge in [-0.3, -0.25) is 4.90 Å². The van der Waals surface area contributed by atoms with Gasteiger partial charge in [0.2, 0.25) is 0 Å². The van der Waals surface area contributed by atoms with Gasteiger partial charge in [0.1, 0.15) is 5.82 Å². The molecule has 1 aromatic carbocycles. The lowest BCUT2D eigenvalue weighted by Crippen LogP contribution is -2.47. The van der Waals surface area contributed by atoms with Crippen LogP contribution in [0.2, 0.25) is 0 Å². The molecule has 0 radical (unpaired) electrons. The Balaban J connectivity index is 1.68. The van der Waals surface area contributed by atoms with Crippen molar-refractivity contribution in [2.24, 2.45) is 0 Å². The third kappa shape index (κ3) is 2.29. The zero-order valence-corrected chi connectivity index (χ0v) is 10.3. The number of aryl methyl sites for hydroxylation is 1. The summed E-state index contributed by atoms with van der Waals surface area (Å²) in [5.74, 6) is -0.0788. The third-order valence-electron chi connectivity index (χ3n) is 3.82. The van der Waals surface area contributed by atoms with E-state index in [0.29, 0.717) is 0 Å². The van der Waals surface area contributed by atoms with E-state index in [0.717, 1.165) is 43.5 Å². The van der Waals surface area contributed by atoms with Crippen LogP contribution >= 0.6 is 0 Å². The highest BCUT2D eigenvalue weighted by Crippen LogP contribution is 2.29. The van der Waals surface area contributed by atoms with Crippen molar-refractivity contribution in [1.82, 2.24) is 4.90 Å². The molecule has 1 saturated carbocycles. The Hall–Kier alpha value is -1.09. The molecule has 1 aromatic rings. The molecule has 0 N–H and O–H groups in total. The molecule has 92 valence electrons. The van der Waals surface area contributed by atoms with E-state index in [-0.39, 0.29) is 5.82 Å². The van der Waals surface area contributed by atoms with Crippen molar-refractivity contribution in [3.05, 3.63) is 29.6 Å². The molecule has 3 rings (SSSR count). The first-order valence-corrected chi connectivity index (χ1v) is 6.49. The molecule has 2 fully saturated rings. The van der Waals surface area contributed by atoms with Gasteiger partial charge in [0.15, 0.2) is 0 Å². The van der Waals surface area contributed by atoms with E-state index in [1.807, 2.05) is 19.1 Å². The molecule has 3 heteroatoms. The normalized spacial score (nSPS) is 21.9. The number of halogens is 1. The van der Waals surface area contributed by atoms with E-state index >= 15 is 0 Å². The minimum atomic E-state index is -0.0788. The lowest BCUT2D eigenvalue weighted by atomic mass is 10.2. The molecular formula is C14H19FN2. The van der Waals surface area contributed by atoms with E-state index in [1.54, 1.807) is 6.07 Å². The van der Waals surface area contributed by atoms with Gasteiger partial charge in [-0.2, -0.15) is 0 Å². The first-order chi connectivity index (χ1) is 8.24. The van der Waals surface area contributed by atoms with Gasteiger partial charge in [-0.25, -0.2) is 4.39 Å². The summed E-state index contributed by atoms with van der Waals surface area (Å²) in [5.41, 5.74) is 1.76. The van der Waals surface area contributed by atoms with Crippen molar-refractivity contribution < 1.29 is 4.39 Å². The molecule has 0 amide bonds. The molecular weight excluding hydrogens is 215 g/mol. The van der Waals surface area contributed by atoms with Crippen LogP contribution in [-0.4, -0.2) is 37.1 Å². The number of nitrogens with zero attached hydrogens (tertiary/aromatic N) is 2. The van der Waals surface area contributed by atoms with Gasteiger partial charge in [0.05, 0.1) is 5.69 Å². The Morgan fingerprint density at radius 3 is 2.41 bits per heavy atom. The van der Waals surface area contributed by atoms with Gasteiger partial charge < -0.3 is 4.90 Å². The van der Waals surface area contributed by atoms with Crippen molar-refractivity contribution in [2.75, 3.05) is 31.1 Å². The number of hydrogen-bond acceptors (Lipinski definition) is 2. The first kappa shape index (κ1) is 11.0. The van der Waals surface area contributed by atoms with Crippen LogP contribution in [0.5, 0.6) is 0 Å². The van der Waals surface area contributed by atoms with Crippen molar-refractivity contribution in [3.63, 3.8) is 0 Å². The average Bonchev–Trinajstić information content (AvgIpc) is 3.13. The van der Waals surface area contributed by atoms with E-state index in [1.165, 1.54) is 12.8 Å². The molecule has 1 heterocycles. The van der Waals surface area contributed by atoms with Crippen LogP contribution < -0.4 is 4.90 Å². The van der Waals surface area contributed by atoms with Crippen molar-refractivity contribution in [2.45, 2.75) is 25.8 Å². The Bertz CT molecular complexity index is 407. The molecule has 1 saturated heterocycles. The van der Waals surface area contributed by atoms with E-state index in [9.17, 15) is 4.39 Å². The lowest BCUT2D eigenvalue weighted by molar-refractivity contribution is 0.247. The molecule has 2 aliphatic rings. The molecule has 0 unspecified atom stereocenters. The Labute approximate surface area is 102 Å². The number of hydrogen-bond donors (Lipinski definition) is 0. The molecule has 1 aliphatic carbocycles. The summed E-state index contributed by atoms with van der Waals surface area (Å²) in [6.45, 7) is 6.00. The zero-order chi connectivity index (χ0) is 11.8. The summed E-state index contributed by atoms with van der Waals surface area (Å²) in [5, 5.41) is 0. The van der Waals surface area contributed by atoms with Crippen LogP contribution in [0.3, 0.4) is 0 Å². The number of rotatable bonds is 2. The van der Waals surface area contributed by atoms with Crippen LogP contribution in [0.4, 0.5) is 10.1 Å². The van der Waals surface area contributed by atoms with Gasteiger partial charge in [0.25, 0.3) is 0 Å². The van der Waals surface area contributed by atoms with Gasteiger partial charge in [-0.15, -0.1) is 0 Å². The van der Waals surface area contributed by atoms with Gasteiger partial charge in [-0.05, 0) is 37.5 Å². The lowest BCUT2D eigenvalue weighted by Gasteiger charge is -2.36. The molecule has 0 bridgehead atoms. The van der Waals surface area contributed by atoms with Crippen molar-refractivity contribution in [3.8, 4) is 0 Å². The number of benzene rings is 1. The number of piperazine rings is 1. The molecule has 0 spiro atoms. The minimum absolute atomic E-state index is 0.0788. The van der Waals surface area contributed by atoms with E-state index in [4.69, 9.17) is 0 Å². The Kier molecular flexibility index (Phi) is 2.79. The largest absolute Gasteiger partial charge is 0.367 e. The summed E-state index contributed by atoms with van der Waals surface area (Å²) in [6.07, 6.45) is 2.72. The maximum absolute atomic E-state index is 13.8. The summed E-state index contributed by atoms with van der Waals surface area (Å²) in [4.78, 5) is 4.72. The molecule has 0 atom stereocenters. The number of anilines is 1. The molecule has 2 nitrogen and oxygen atoms in total. The second-order valence-corrected chi connectivity index (χ2v) is 5.21. The summed E-state index contributed by atoms with van der Waals surface area (Å²) < 4.78 is 13.8. The average molecular weight is 234 g/mol. The summed E-state index contributed by atoms with van der Waals surface area (Å²) in [7, 11) is 0. The third-order valence-corrected chi connectivity index (χ3v) is 3.82. The SMILES string of the molecule is Cc1ccc(N2CCN(C3CC3)CC2)c(F)c1. The minimum Gasteiger partial charge on any atom is -0.367 e. The van der Waals surface area contributed by atoms with E-state index < -0.39 is 0 Å². The van der Waals surface area contributed by atoms with Crippen molar-refractivity contribution >= 4 is 5.69 Å². The maximum Gasteiger partial charge on any atom is 0.146 e. The Morgan fingerprint density at radius 1 is 1.12 bits per heavy atom. The molecule has 1 aliphatic heterocycles. The second kappa shape index (κ2) is 4.30. The van der Waals surface area contributed by atoms with Crippen LogP contribution in [-0.2, 0) is 0 Å². The molecule has 17 heavy (non-hydrogen) atoms. The predicted octanol–water partition coefficient (Wildman–Crippen LogP) is 2.42. The second-order valence-electron chi connectivity index (χ2n) is 5.21. The Morgan fingerprint density at radius 2 is 1.82 bits per heavy atom. The molecule has 0 aromatic heterocycles. The zero-order valence-electron chi connectivity index (χ0n) is 10.3. The monoisotopic (exact) mass is 234 g/mol. The maximum atomic E-state index is 13.8. The van der Waals surface area contributed by atoms with Gasteiger partial charge >= 0.3 is 0 Å². The summed E-state index contributed by atoms with van der Waals surface area (Å²) >= 11 is 0. The van der Waals surface area contributed by atoms with E-state index in [2.05, 4.69) is 9.80 Å². The highest BCUT2D eigenvalue weighted by molar-refractivity contribution is 5.49. The summed E-state index contributed by atoms with van der Waals surface area (Å²) in [6, 6.07) is 6.37. The highest BCUT2D eigenvalue weighted by Gasteiger charge is 2.31. The topological polar surface area (TPSA) is 6.48 Å². The van der Waals surface area contributed by atoms with Crippen LogP contribution in [0.15, 0.2) is 18.2 Å². The fourth-order valence-electron chi connectivity index (χ4n) is 2.64. The fourth-order valence-corrected chi connectivity index (χ4v) is 2.64. The van der Waals surface area contributed by atoms with Crippen LogP contribution in [0.25, 0.3) is 0 Å². The quantitative estimate of drug-likeness (QED) is 0.775. The van der Waals surface area contributed by atoms with Crippen molar-refractivity contribution in [1.29, 1.82) is 0 Å².